The Balaban J connectivity index is 1.78. The lowest BCUT2D eigenvalue weighted by atomic mass is 10.0. The quantitative estimate of drug-likeness (QED) is 0.645. The summed E-state index contributed by atoms with van der Waals surface area (Å²) in [5.41, 5.74) is 7.21. The highest BCUT2D eigenvalue weighted by molar-refractivity contribution is 5.64. The van der Waals surface area contributed by atoms with Crippen LogP contribution in [0, 0.1) is 0 Å². The first-order valence-electron chi connectivity index (χ1n) is 7.70. The molecule has 2 aromatic rings. The second-order valence-electron chi connectivity index (χ2n) is 5.32. The van der Waals surface area contributed by atoms with Gasteiger partial charge in [-0.25, -0.2) is 4.79 Å². The van der Waals surface area contributed by atoms with E-state index in [-0.39, 0.29) is 6.04 Å². The zero-order chi connectivity index (χ0) is 16.5. The first kappa shape index (κ1) is 16.8. The average molecular weight is 314 g/mol. The van der Waals surface area contributed by atoms with Gasteiger partial charge in [-0.3, -0.25) is 0 Å². The highest BCUT2D eigenvalue weighted by atomic mass is 16.5. The van der Waals surface area contributed by atoms with Gasteiger partial charge in [0.1, 0.15) is 11.5 Å². The average Bonchev–Trinajstić information content (AvgIpc) is 2.56. The Morgan fingerprint density at radius 3 is 2.35 bits per heavy atom. The highest BCUT2D eigenvalue weighted by Crippen LogP contribution is 2.24. The van der Waals surface area contributed by atoms with Crippen LogP contribution in [-0.4, -0.2) is 17.7 Å². The number of benzene rings is 2. The fourth-order valence-electron chi connectivity index (χ4n) is 2.26. The second kappa shape index (κ2) is 8.80. The van der Waals surface area contributed by atoms with Crippen molar-refractivity contribution in [3.05, 3.63) is 60.2 Å². The normalized spacial score (nSPS) is 11.7. The number of amides is 1. The van der Waals surface area contributed by atoms with Crippen LogP contribution in [0.3, 0.4) is 0 Å². The molecule has 0 radical (unpaired) electrons. The molecule has 122 valence electrons. The van der Waals surface area contributed by atoms with Gasteiger partial charge in [0.05, 0.1) is 0 Å². The third-order valence-electron chi connectivity index (χ3n) is 3.51. The molecular weight excluding hydrogens is 292 g/mol. The molecule has 0 fully saturated rings. The van der Waals surface area contributed by atoms with Crippen LogP contribution < -0.4 is 15.8 Å². The molecule has 2 rings (SSSR count). The van der Waals surface area contributed by atoms with Crippen molar-refractivity contribution in [2.75, 3.05) is 6.54 Å². The Bertz CT molecular complexity index is 599. The molecule has 0 aliphatic rings. The van der Waals surface area contributed by atoms with Gasteiger partial charge in [-0.15, -0.1) is 0 Å². The largest absolute Gasteiger partial charge is 0.465 e. The SMILES string of the molecule is NC(CCCCNC(=O)O)c1ccc(Oc2ccccc2)cc1. The van der Waals surface area contributed by atoms with E-state index in [4.69, 9.17) is 15.6 Å². The summed E-state index contributed by atoms with van der Waals surface area (Å²) in [6.45, 7) is 0.464. The van der Waals surface area contributed by atoms with Crippen LogP contribution in [0.4, 0.5) is 4.79 Å². The number of para-hydroxylation sites is 1. The number of ether oxygens (including phenoxy) is 1. The summed E-state index contributed by atoms with van der Waals surface area (Å²) in [6.07, 6.45) is 1.50. The van der Waals surface area contributed by atoms with Crippen LogP contribution in [0.2, 0.25) is 0 Å². The molecule has 0 saturated heterocycles. The summed E-state index contributed by atoms with van der Waals surface area (Å²) in [4.78, 5) is 10.3. The highest BCUT2D eigenvalue weighted by Gasteiger charge is 2.06. The molecule has 0 aliphatic carbocycles. The van der Waals surface area contributed by atoms with E-state index in [1.807, 2.05) is 54.6 Å². The molecule has 0 spiro atoms. The van der Waals surface area contributed by atoms with Crippen molar-refractivity contribution in [1.29, 1.82) is 0 Å². The van der Waals surface area contributed by atoms with Crippen LogP contribution in [0.5, 0.6) is 11.5 Å². The topological polar surface area (TPSA) is 84.6 Å². The summed E-state index contributed by atoms with van der Waals surface area (Å²) in [5, 5.41) is 10.8. The summed E-state index contributed by atoms with van der Waals surface area (Å²) >= 11 is 0. The van der Waals surface area contributed by atoms with E-state index >= 15 is 0 Å². The van der Waals surface area contributed by atoms with Crippen molar-refractivity contribution < 1.29 is 14.6 Å². The predicted octanol–water partition coefficient (Wildman–Crippen LogP) is 3.92. The molecule has 5 heteroatoms. The van der Waals surface area contributed by atoms with Gasteiger partial charge >= 0.3 is 6.09 Å². The number of carbonyl (C=O) groups is 1. The smallest absolute Gasteiger partial charge is 0.404 e. The standard InChI is InChI=1S/C18H22N2O3/c19-17(8-4-5-13-20-18(21)22)14-9-11-16(12-10-14)23-15-6-2-1-3-7-15/h1-3,6-7,9-12,17,20H,4-5,8,13,19H2,(H,21,22). The van der Waals surface area contributed by atoms with Crippen LogP contribution >= 0.6 is 0 Å². The molecule has 1 atom stereocenters. The van der Waals surface area contributed by atoms with Gasteiger partial charge in [0, 0.05) is 12.6 Å². The maximum Gasteiger partial charge on any atom is 0.404 e. The van der Waals surface area contributed by atoms with E-state index in [0.717, 1.165) is 36.3 Å². The minimum absolute atomic E-state index is 0.0504. The summed E-state index contributed by atoms with van der Waals surface area (Å²) < 4.78 is 5.74. The van der Waals surface area contributed by atoms with Gasteiger partial charge < -0.3 is 20.9 Å². The number of rotatable bonds is 8. The van der Waals surface area contributed by atoms with Crippen LogP contribution in [-0.2, 0) is 0 Å². The van der Waals surface area contributed by atoms with Crippen molar-refractivity contribution >= 4 is 6.09 Å². The number of carboxylic acid groups (broad SMARTS) is 1. The van der Waals surface area contributed by atoms with E-state index in [2.05, 4.69) is 5.32 Å². The summed E-state index contributed by atoms with van der Waals surface area (Å²) in [5.74, 6) is 1.58. The fourth-order valence-corrected chi connectivity index (χ4v) is 2.26. The number of unbranched alkanes of at least 4 members (excludes halogenated alkanes) is 1. The lowest BCUT2D eigenvalue weighted by molar-refractivity contribution is 0.194. The van der Waals surface area contributed by atoms with Crippen LogP contribution in [0.1, 0.15) is 30.9 Å². The molecule has 0 aromatic heterocycles. The van der Waals surface area contributed by atoms with E-state index < -0.39 is 6.09 Å². The molecule has 1 unspecified atom stereocenters. The Labute approximate surface area is 136 Å². The van der Waals surface area contributed by atoms with Crippen molar-refractivity contribution in [2.24, 2.45) is 5.73 Å². The molecule has 0 heterocycles. The maximum absolute atomic E-state index is 10.3. The third-order valence-corrected chi connectivity index (χ3v) is 3.51. The van der Waals surface area contributed by atoms with Gasteiger partial charge in [-0.2, -0.15) is 0 Å². The minimum Gasteiger partial charge on any atom is -0.465 e. The minimum atomic E-state index is -0.983. The monoisotopic (exact) mass is 314 g/mol. The molecule has 0 bridgehead atoms. The lowest BCUT2D eigenvalue weighted by Crippen LogP contribution is -2.22. The number of hydrogen-bond acceptors (Lipinski definition) is 3. The van der Waals surface area contributed by atoms with Gasteiger partial charge in [0.25, 0.3) is 0 Å². The molecule has 4 N–H and O–H groups in total. The summed E-state index contributed by atoms with van der Waals surface area (Å²) in [7, 11) is 0. The second-order valence-corrected chi connectivity index (χ2v) is 5.32. The molecular formula is C18H22N2O3. The Morgan fingerprint density at radius 2 is 1.70 bits per heavy atom. The third kappa shape index (κ3) is 6.00. The molecule has 5 nitrogen and oxygen atoms in total. The van der Waals surface area contributed by atoms with E-state index in [1.54, 1.807) is 0 Å². The Kier molecular flexibility index (Phi) is 6.44. The van der Waals surface area contributed by atoms with Crippen molar-refractivity contribution in [3.8, 4) is 11.5 Å². The van der Waals surface area contributed by atoms with Crippen molar-refractivity contribution in [3.63, 3.8) is 0 Å². The van der Waals surface area contributed by atoms with Gasteiger partial charge in [-0.05, 0) is 49.1 Å². The van der Waals surface area contributed by atoms with Gasteiger partial charge in [0.2, 0.25) is 0 Å². The fraction of sp³-hybridized carbons (Fsp3) is 0.278. The van der Waals surface area contributed by atoms with E-state index in [0.29, 0.717) is 6.54 Å². The molecule has 0 saturated carbocycles. The lowest BCUT2D eigenvalue weighted by Gasteiger charge is -2.13. The van der Waals surface area contributed by atoms with E-state index in [9.17, 15) is 4.79 Å². The van der Waals surface area contributed by atoms with Crippen molar-refractivity contribution in [1.82, 2.24) is 5.32 Å². The zero-order valence-electron chi connectivity index (χ0n) is 12.9. The Hall–Kier alpha value is -2.53. The first-order valence-corrected chi connectivity index (χ1v) is 7.70. The molecule has 1 amide bonds. The number of nitrogens with two attached hydrogens (primary N) is 1. The van der Waals surface area contributed by atoms with Gasteiger partial charge in [0.15, 0.2) is 0 Å². The number of hydrogen-bond donors (Lipinski definition) is 3. The van der Waals surface area contributed by atoms with Crippen LogP contribution in [0.15, 0.2) is 54.6 Å². The predicted molar refractivity (Wildman–Crippen MR) is 89.8 cm³/mol. The first-order chi connectivity index (χ1) is 11.1. The number of nitrogens with one attached hydrogen (secondary N) is 1. The summed E-state index contributed by atoms with van der Waals surface area (Å²) in [6, 6.07) is 17.3. The van der Waals surface area contributed by atoms with Gasteiger partial charge in [-0.1, -0.05) is 30.3 Å². The molecule has 23 heavy (non-hydrogen) atoms. The van der Waals surface area contributed by atoms with Crippen LogP contribution in [0.25, 0.3) is 0 Å². The van der Waals surface area contributed by atoms with Crippen molar-refractivity contribution in [2.45, 2.75) is 25.3 Å². The maximum atomic E-state index is 10.3. The molecule has 0 aliphatic heterocycles. The molecule has 2 aromatic carbocycles. The van der Waals surface area contributed by atoms with E-state index in [1.165, 1.54) is 0 Å². The zero-order valence-corrected chi connectivity index (χ0v) is 12.9. The Morgan fingerprint density at radius 1 is 1.04 bits per heavy atom.